The van der Waals surface area contributed by atoms with Crippen molar-refractivity contribution in [3.8, 4) is 0 Å². The van der Waals surface area contributed by atoms with E-state index in [-0.39, 0.29) is 17.4 Å². The van der Waals surface area contributed by atoms with Crippen LogP contribution in [0.3, 0.4) is 0 Å². The molecule has 0 radical (unpaired) electrons. The van der Waals surface area contributed by atoms with Crippen molar-refractivity contribution in [2.24, 2.45) is 5.92 Å². The molecule has 0 unspecified atom stereocenters. The molecule has 2 aromatic carbocycles. The van der Waals surface area contributed by atoms with Crippen LogP contribution in [0, 0.1) is 25.6 Å². The summed E-state index contributed by atoms with van der Waals surface area (Å²) in [5.41, 5.74) is 2.66. The highest BCUT2D eigenvalue weighted by molar-refractivity contribution is 6.01. The smallest absolute Gasteiger partial charge is 0.254 e. The predicted octanol–water partition coefficient (Wildman–Crippen LogP) is 3.84. The summed E-state index contributed by atoms with van der Waals surface area (Å²) in [6.07, 6.45) is 0. The third kappa shape index (κ3) is 4.66. The van der Waals surface area contributed by atoms with E-state index in [0.29, 0.717) is 5.69 Å². The Morgan fingerprint density at radius 2 is 1.72 bits per heavy atom. The van der Waals surface area contributed by atoms with Crippen molar-refractivity contribution >= 4 is 17.5 Å². The summed E-state index contributed by atoms with van der Waals surface area (Å²) in [5.74, 6) is -1.70. The van der Waals surface area contributed by atoms with E-state index in [9.17, 15) is 14.0 Å². The molecule has 0 saturated carbocycles. The molecule has 2 amide bonds. The summed E-state index contributed by atoms with van der Waals surface area (Å²) in [4.78, 5) is 24.9. The van der Waals surface area contributed by atoms with E-state index in [4.69, 9.17) is 0 Å². The average Bonchev–Trinajstić information content (AvgIpc) is 2.55. The minimum Gasteiger partial charge on any atom is -0.340 e. The predicted molar refractivity (Wildman–Crippen MR) is 97.0 cm³/mol. The number of amides is 2. The molecule has 0 aromatic heterocycles. The molecule has 2 aromatic rings. The lowest BCUT2D eigenvalue weighted by molar-refractivity contribution is -0.118. The van der Waals surface area contributed by atoms with Gasteiger partial charge in [0.2, 0.25) is 5.91 Å². The molecule has 0 saturated heterocycles. The number of halogens is 1. The van der Waals surface area contributed by atoms with Crippen molar-refractivity contribution in [3.05, 3.63) is 65.0 Å². The molecule has 0 spiro atoms. The van der Waals surface area contributed by atoms with Gasteiger partial charge in [-0.1, -0.05) is 43.7 Å². The SMILES string of the molecule is Cc1ccc(NC(=O)[C@@H](NC(=O)c2ccccc2F)C(C)C)c(C)c1. The number of benzene rings is 2. The highest BCUT2D eigenvalue weighted by atomic mass is 19.1. The fourth-order valence-corrected chi connectivity index (χ4v) is 2.56. The molecular weight excluding hydrogens is 319 g/mol. The van der Waals surface area contributed by atoms with Gasteiger partial charge in [0.25, 0.3) is 5.91 Å². The van der Waals surface area contributed by atoms with Crippen molar-refractivity contribution in [1.82, 2.24) is 5.32 Å². The zero-order chi connectivity index (χ0) is 18.6. The van der Waals surface area contributed by atoms with Crippen LogP contribution in [0.2, 0.25) is 0 Å². The van der Waals surface area contributed by atoms with Gasteiger partial charge in [-0.3, -0.25) is 9.59 Å². The third-order valence-electron chi connectivity index (χ3n) is 3.99. The molecule has 0 aliphatic rings. The quantitative estimate of drug-likeness (QED) is 0.867. The fraction of sp³-hybridized carbons (Fsp3) is 0.300. The lowest BCUT2D eigenvalue weighted by Gasteiger charge is -2.22. The Morgan fingerprint density at radius 1 is 1.04 bits per heavy atom. The first-order chi connectivity index (χ1) is 11.8. The minimum absolute atomic E-state index is 0.0764. The van der Waals surface area contributed by atoms with Gasteiger partial charge in [-0.15, -0.1) is 0 Å². The number of anilines is 1. The lowest BCUT2D eigenvalue weighted by Crippen LogP contribution is -2.47. The molecule has 2 N–H and O–H groups in total. The van der Waals surface area contributed by atoms with Gasteiger partial charge in [0.1, 0.15) is 11.9 Å². The van der Waals surface area contributed by atoms with Crippen LogP contribution in [0.5, 0.6) is 0 Å². The molecule has 0 aliphatic carbocycles. The van der Waals surface area contributed by atoms with Crippen molar-refractivity contribution < 1.29 is 14.0 Å². The van der Waals surface area contributed by atoms with Crippen molar-refractivity contribution in [2.75, 3.05) is 5.32 Å². The minimum atomic E-state index is -0.771. The molecule has 0 aliphatic heterocycles. The van der Waals surface area contributed by atoms with Crippen molar-refractivity contribution in [3.63, 3.8) is 0 Å². The molecule has 0 fully saturated rings. The van der Waals surface area contributed by atoms with Crippen molar-refractivity contribution in [2.45, 2.75) is 33.7 Å². The number of carbonyl (C=O) groups is 2. The van der Waals surface area contributed by atoms with Crippen molar-refractivity contribution in [1.29, 1.82) is 0 Å². The zero-order valence-electron chi connectivity index (χ0n) is 14.9. The van der Waals surface area contributed by atoms with Crippen LogP contribution >= 0.6 is 0 Å². The van der Waals surface area contributed by atoms with Gasteiger partial charge in [-0.2, -0.15) is 0 Å². The van der Waals surface area contributed by atoms with E-state index in [0.717, 1.165) is 11.1 Å². The summed E-state index contributed by atoms with van der Waals surface area (Å²) in [6.45, 7) is 7.54. The summed E-state index contributed by atoms with van der Waals surface area (Å²) < 4.78 is 13.8. The van der Waals surface area contributed by atoms with Crippen LogP contribution < -0.4 is 10.6 Å². The van der Waals surface area contributed by atoms with Crippen LogP contribution in [-0.2, 0) is 4.79 Å². The first-order valence-corrected chi connectivity index (χ1v) is 8.23. The third-order valence-corrected chi connectivity index (χ3v) is 3.99. The maximum absolute atomic E-state index is 13.8. The Bertz CT molecular complexity index is 787. The highest BCUT2D eigenvalue weighted by Gasteiger charge is 2.26. The standard InChI is InChI=1S/C20H23FN2O2/c1-12(2)18(23-19(24)15-7-5-6-8-16(15)21)20(25)22-17-10-9-13(3)11-14(17)4/h5-12,18H,1-4H3,(H,22,25)(H,23,24)/t18-/m0/s1. The summed E-state index contributed by atoms with van der Waals surface area (Å²) >= 11 is 0. The maximum Gasteiger partial charge on any atom is 0.254 e. The van der Waals surface area contributed by atoms with Crippen LogP contribution in [0.4, 0.5) is 10.1 Å². The monoisotopic (exact) mass is 342 g/mol. The number of nitrogens with one attached hydrogen (secondary N) is 2. The second-order valence-electron chi connectivity index (χ2n) is 6.48. The molecule has 25 heavy (non-hydrogen) atoms. The first kappa shape index (κ1) is 18.6. The Labute approximate surface area is 147 Å². The van der Waals surface area contributed by atoms with Crippen LogP contribution in [0.1, 0.15) is 35.3 Å². The molecule has 0 heterocycles. The van der Waals surface area contributed by atoms with Crippen LogP contribution in [0.25, 0.3) is 0 Å². The molecule has 1 atom stereocenters. The number of hydrogen-bond acceptors (Lipinski definition) is 2. The fourth-order valence-electron chi connectivity index (χ4n) is 2.56. The molecule has 0 bridgehead atoms. The van der Waals surface area contributed by atoms with E-state index in [2.05, 4.69) is 10.6 Å². The summed E-state index contributed by atoms with van der Waals surface area (Å²) in [6, 6.07) is 10.6. The van der Waals surface area contributed by atoms with E-state index in [1.165, 1.54) is 18.2 Å². The Balaban J connectivity index is 2.16. The number of rotatable bonds is 5. The molecule has 132 valence electrons. The Morgan fingerprint density at radius 3 is 2.32 bits per heavy atom. The van der Waals surface area contributed by atoms with Crippen LogP contribution in [0.15, 0.2) is 42.5 Å². The average molecular weight is 342 g/mol. The van der Waals surface area contributed by atoms with Crippen LogP contribution in [-0.4, -0.2) is 17.9 Å². The summed E-state index contributed by atoms with van der Waals surface area (Å²) in [7, 11) is 0. The van der Waals surface area contributed by atoms with E-state index < -0.39 is 17.8 Å². The van der Waals surface area contributed by atoms with Gasteiger partial charge < -0.3 is 10.6 Å². The zero-order valence-corrected chi connectivity index (χ0v) is 14.9. The second-order valence-corrected chi connectivity index (χ2v) is 6.48. The molecule has 5 heteroatoms. The van der Waals surface area contributed by atoms with Gasteiger partial charge in [-0.05, 0) is 43.5 Å². The number of carbonyl (C=O) groups excluding carboxylic acids is 2. The van der Waals surface area contributed by atoms with Gasteiger partial charge in [-0.25, -0.2) is 4.39 Å². The largest absolute Gasteiger partial charge is 0.340 e. The van der Waals surface area contributed by atoms with Gasteiger partial charge >= 0.3 is 0 Å². The summed E-state index contributed by atoms with van der Waals surface area (Å²) in [5, 5.41) is 5.48. The first-order valence-electron chi connectivity index (χ1n) is 8.23. The normalized spacial score (nSPS) is 11.9. The molecule has 2 rings (SSSR count). The Kier molecular flexibility index (Phi) is 5.91. The lowest BCUT2D eigenvalue weighted by atomic mass is 10.0. The maximum atomic E-state index is 13.8. The second kappa shape index (κ2) is 7.92. The number of aryl methyl sites for hydroxylation is 2. The number of hydrogen-bond donors (Lipinski definition) is 2. The molecular formula is C20H23FN2O2. The Hall–Kier alpha value is -2.69. The van der Waals surface area contributed by atoms with Gasteiger partial charge in [0.05, 0.1) is 5.56 Å². The van der Waals surface area contributed by atoms with E-state index in [1.54, 1.807) is 6.07 Å². The van der Waals surface area contributed by atoms with E-state index >= 15 is 0 Å². The van der Waals surface area contributed by atoms with Gasteiger partial charge in [0, 0.05) is 5.69 Å². The van der Waals surface area contributed by atoms with E-state index in [1.807, 2.05) is 45.9 Å². The van der Waals surface area contributed by atoms with Gasteiger partial charge in [0.15, 0.2) is 0 Å². The molecule has 4 nitrogen and oxygen atoms in total. The highest BCUT2D eigenvalue weighted by Crippen LogP contribution is 2.17. The topological polar surface area (TPSA) is 58.2 Å².